The Kier molecular flexibility index (Phi) is 3.54. The Morgan fingerprint density at radius 3 is 2.35 bits per heavy atom. The lowest BCUT2D eigenvalue weighted by Gasteiger charge is -2.20. The van der Waals surface area contributed by atoms with Gasteiger partial charge in [0.1, 0.15) is 0 Å². The van der Waals surface area contributed by atoms with Crippen LogP contribution in [0.4, 0.5) is 0 Å². The van der Waals surface area contributed by atoms with Crippen LogP contribution in [-0.4, -0.2) is 14.8 Å². The molecule has 0 saturated heterocycles. The van der Waals surface area contributed by atoms with Crippen LogP contribution in [0.5, 0.6) is 0 Å². The zero-order valence-electron chi connectivity index (χ0n) is 10.5. The third kappa shape index (κ3) is 2.71. The minimum absolute atomic E-state index is 0.269. The zero-order chi connectivity index (χ0) is 12.3. The molecule has 0 aromatic carbocycles. The molecule has 0 radical (unpaired) electrons. The van der Waals surface area contributed by atoms with Crippen LogP contribution in [0.3, 0.4) is 0 Å². The molecule has 2 heterocycles. The van der Waals surface area contributed by atoms with E-state index in [-0.39, 0.29) is 6.04 Å². The number of pyridine rings is 1. The fraction of sp³-hybridized carbons (Fsp3) is 0.385. The van der Waals surface area contributed by atoms with Crippen LogP contribution >= 0.6 is 0 Å². The summed E-state index contributed by atoms with van der Waals surface area (Å²) in [5, 5.41) is 7.74. The largest absolute Gasteiger partial charge is 0.302 e. The van der Waals surface area contributed by atoms with E-state index in [0.29, 0.717) is 6.04 Å². The van der Waals surface area contributed by atoms with Crippen LogP contribution in [0.25, 0.3) is 0 Å². The summed E-state index contributed by atoms with van der Waals surface area (Å²) in [6.07, 6.45) is 5.47. The van der Waals surface area contributed by atoms with Crippen molar-refractivity contribution in [3.05, 3.63) is 48.0 Å². The molecular weight excluding hydrogens is 212 g/mol. The summed E-state index contributed by atoms with van der Waals surface area (Å²) in [4.78, 5) is 4.03. The lowest BCUT2D eigenvalue weighted by molar-refractivity contribution is 0.469. The first-order chi connectivity index (χ1) is 8.18. The van der Waals surface area contributed by atoms with E-state index in [1.165, 1.54) is 11.3 Å². The van der Waals surface area contributed by atoms with Crippen LogP contribution in [-0.2, 0) is 7.05 Å². The van der Waals surface area contributed by atoms with Crippen molar-refractivity contribution >= 4 is 0 Å². The molecule has 2 aromatic heterocycles. The van der Waals surface area contributed by atoms with E-state index >= 15 is 0 Å². The van der Waals surface area contributed by atoms with Gasteiger partial charge in [0.05, 0.1) is 5.69 Å². The van der Waals surface area contributed by atoms with Gasteiger partial charge in [-0.3, -0.25) is 9.67 Å². The van der Waals surface area contributed by atoms with Crippen LogP contribution in [0.15, 0.2) is 36.8 Å². The lowest BCUT2D eigenvalue weighted by Crippen LogP contribution is -2.24. The summed E-state index contributed by atoms with van der Waals surface area (Å²) < 4.78 is 1.90. The second-order valence-corrected chi connectivity index (χ2v) is 4.27. The molecule has 4 nitrogen and oxygen atoms in total. The summed E-state index contributed by atoms with van der Waals surface area (Å²) >= 11 is 0. The van der Waals surface area contributed by atoms with Crippen molar-refractivity contribution in [2.45, 2.75) is 25.9 Å². The molecule has 0 spiro atoms. The van der Waals surface area contributed by atoms with Gasteiger partial charge in [0.25, 0.3) is 0 Å². The highest BCUT2D eigenvalue weighted by Gasteiger charge is 2.13. The number of hydrogen-bond acceptors (Lipinski definition) is 3. The SMILES string of the molecule is CC(NC(C)c1ccnn1C)c1ccncc1. The number of nitrogens with one attached hydrogen (secondary N) is 1. The molecule has 0 aliphatic heterocycles. The van der Waals surface area contributed by atoms with E-state index < -0.39 is 0 Å². The van der Waals surface area contributed by atoms with Crippen LogP contribution < -0.4 is 5.32 Å². The molecule has 2 aromatic rings. The zero-order valence-corrected chi connectivity index (χ0v) is 10.5. The van der Waals surface area contributed by atoms with Crippen LogP contribution in [0.1, 0.15) is 37.2 Å². The van der Waals surface area contributed by atoms with E-state index in [9.17, 15) is 0 Å². The molecule has 0 bridgehead atoms. The third-order valence-electron chi connectivity index (χ3n) is 3.01. The van der Waals surface area contributed by atoms with Crippen molar-refractivity contribution in [2.24, 2.45) is 7.05 Å². The highest BCUT2D eigenvalue weighted by molar-refractivity contribution is 5.15. The standard InChI is InChI=1S/C13H18N4/c1-10(12-4-7-14-8-5-12)16-11(2)13-6-9-15-17(13)3/h4-11,16H,1-3H3. The molecule has 1 N–H and O–H groups in total. The van der Waals surface area contributed by atoms with Crippen LogP contribution in [0.2, 0.25) is 0 Å². The van der Waals surface area contributed by atoms with Gasteiger partial charge in [-0.25, -0.2) is 0 Å². The molecule has 0 saturated carbocycles. The predicted octanol–water partition coefficient (Wildman–Crippen LogP) is 2.23. The van der Waals surface area contributed by atoms with E-state index in [4.69, 9.17) is 0 Å². The van der Waals surface area contributed by atoms with Crippen molar-refractivity contribution in [2.75, 3.05) is 0 Å². The molecule has 0 fully saturated rings. The maximum atomic E-state index is 4.18. The Morgan fingerprint density at radius 2 is 1.76 bits per heavy atom. The molecule has 4 heteroatoms. The van der Waals surface area contributed by atoms with Gasteiger partial charge in [-0.1, -0.05) is 0 Å². The maximum absolute atomic E-state index is 4.18. The molecule has 2 atom stereocenters. The highest BCUT2D eigenvalue weighted by Crippen LogP contribution is 2.17. The first-order valence-electron chi connectivity index (χ1n) is 5.82. The average molecular weight is 230 g/mol. The summed E-state index contributed by atoms with van der Waals surface area (Å²) in [6.45, 7) is 4.30. The van der Waals surface area contributed by atoms with Crippen molar-refractivity contribution in [1.82, 2.24) is 20.1 Å². The highest BCUT2D eigenvalue weighted by atomic mass is 15.3. The number of hydrogen-bond donors (Lipinski definition) is 1. The minimum atomic E-state index is 0.269. The fourth-order valence-electron chi connectivity index (χ4n) is 2.02. The second kappa shape index (κ2) is 5.10. The number of aromatic nitrogens is 3. The topological polar surface area (TPSA) is 42.7 Å². The quantitative estimate of drug-likeness (QED) is 0.875. The van der Waals surface area contributed by atoms with Gasteiger partial charge in [0.15, 0.2) is 0 Å². The molecular formula is C13H18N4. The molecule has 17 heavy (non-hydrogen) atoms. The van der Waals surface area contributed by atoms with Gasteiger partial charge in [0, 0.05) is 37.7 Å². The first-order valence-corrected chi connectivity index (χ1v) is 5.82. The normalized spacial score (nSPS) is 14.5. The van der Waals surface area contributed by atoms with Gasteiger partial charge in [0.2, 0.25) is 0 Å². The minimum Gasteiger partial charge on any atom is -0.302 e. The number of rotatable bonds is 4. The summed E-state index contributed by atoms with van der Waals surface area (Å²) in [7, 11) is 1.96. The van der Waals surface area contributed by atoms with Gasteiger partial charge in [-0.15, -0.1) is 0 Å². The van der Waals surface area contributed by atoms with Crippen molar-refractivity contribution < 1.29 is 0 Å². The Balaban J connectivity index is 2.05. The van der Waals surface area contributed by atoms with E-state index in [1.54, 1.807) is 0 Å². The van der Waals surface area contributed by atoms with E-state index in [1.807, 2.05) is 48.5 Å². The van der Waals surface area contributed by atoms with Gasteiger partial charge in [-0.05, 0) is 37.6 Å². The first kappa shape index (κ1) is 11.8. The second-order valence-electron chi connectivity index (χ2n) is 4.27. The summed E-state index contributed by atoms with van der Waals surface area (Å²) in [5.41, 5.74) is 2.43. The number of nitrogens with zero attached hydrogens (tertiary/aromatic N) is 3. The third-order valence-corrected chi connectivity index (χ3v) is 3.01. The Morgan fingerprint density at radius 1 is 1.06 bits per heavy atom. The van der Waals surface area contributed by atoms with Crippen molar-refractivity contribution in [3.8, 4) is 0 Å². The van der Waals surface area contributed by atoms with E-state index in [0.717, 1.165) is 0 Å². The van der Waals surface area contributed by atoms with Gasteiger partial charge < -0.3 is 5.32 Å². The average Bonchev–Trinajstić information content (AvgIpc) is 2.76. The van der Waals surface area contributed by atoms with Gasteiger partial charge in [-0.2, -0.15) is 5.10 Å². The summed E-state index contributed by atoms with van der Waals surface area (Å²) in [6, 6.07) is 6.67. The molecule has 90 valence electrons. The predicted molar refractivity (Wildman–Crippen MR) is 67.4 cm³/mol. The Hall–Kier alpha value is -1.68. The Labute approximate surface area is 102 Å². The summed E-state index contributed by atoms with van der Waals surface area (Å²) in [5.74, 6) is 0. The molecule has 0 aliphatic carbocycles. The molecule has 2 unspecified atom stereocenters. The molecule has 2 rings (SSSR count). The fourth-order valence-corrected chi connectivity index (χ4v) is 2.02. The monoisotopic (exact) mass is 230 g/mol. The lowest BCUT2D eigenvalue weighted by atomic mass is 10.1. The Bertz CT molecular complexity index is 463. The molecule has 0 amide bonds. The van der Waals surface area contributed by atoms with Gasteiger partial charge >= 0.3 is 0 Å². The smallest absolute Gasteiger partial charge is 0.0547 e. The van der Waals surface area contributed by atoms with Crippen molar-refractivity contribution in [3.63, 3.8) is 0 Å². The van der Waals surface area contributed by atoms with Crippen molar-refractivity contribution in [1.29, 1.82) is 0 Å². The molecule has 0 aliphatic rings. The number of aryl methyl sites for hydroxylation is 1. The van der Waals surface area contributed by atoms with E-state index in [2.05, 4.69) is 29.2 Å². The van der Waals surface area contributed by atoms with Crippen LogP contribution in [0, 0.1) is 0 Å². The maximum Gasteiger partial charge on any atom is 0.0547 e.